The van der Waals surface area contributed by atoms with Gasteiger partial charge >= 0.3 is 0 Å². The minimum absolute atomic E-state index is 0. The Morgan fingerprint density at radius 2 is 1.85 bits per heavy atom. The second kappa shape index (κ2) is 8.07. The molecular weight excluding hydrogens is 183 g/mol. The van der Waals surface area contributed by atoms with Gasteiger partial charge in [0.2, 0.25) is 0 Å². The van der Waals surface area contributed by atoms with Crippen LogP contribution in [0.4, 0.5) is 0 Å². The molecule has 1 aromatic carbocycles. The number of rotatable bonds is 3. The van der Waals surface area contributed by atoms with Crippen molar-refractivity contribution in [3.05, 3.63) is 30.3 Å². The molecule has 0 aliphatic heterocycles. The van der Waals surface area contributed by atoms with Crippen molar-refractivity contribution in [3.63, 3.8) is 0 Å². The summed E-state index contributed by atoms with van der Waals surface area (Å²) in [6, 6.07) is 8.73. The van der Waals surface area contributed by atoms with Gasteiger partial charge in [0.05, 0.1) is 5.97 Å². The number of carbonyl (C=O) groups excluding carboxylic acids is 1. The summed E-state index contributed by atoms with van der Waals surface area (Å²) in [6.07, 6.45) is 0. The summed E-state index contributed by atoms with van der Waals surface area (Å²) in [6.45, 7) is -0.399. The number of para-hydroxylation sites is 1. The molecule has 0 spiro atoms. The fourth-order valence-electron chi connectivity index (χ4n) is 0.659. The van der Waals surface area contributed by atoms with Crippen LogP contribution in [0.15, 0.2) is 30.3 Å². The molecule has 0 fully saturated rings. The van der Waals surface area contributed by atoms with E-state index in [2.05, 4.69) is 0 Å². The van der Waals surface area contributed by atoms with Crippen LogP contribution in [0.1, 0.15) is 0 Å². The van der Waals surface area contributed by atoms with E-state index in [0.717, 1.165) is 0 Å². The minimum atomic E-state index is -1.21. The molecule has 0 aliphatic carbocycles. The number of carbonyl (C=O) groups is 1. The van der Waals surface area contributed by atoms with Crippen molar-refractivity contribution in [3.8, 4) is 5.75 Å². The topological polar surface area (TPSA) is 80.9 Å². The summed E-state index contributed by atoms with van der Waals surface area (Å²) >= 11 is 0. The normalized spacial score (nSPS) is 7.69. The molecule has 0 aromatic heterocycles. The minimum Gasteiger partial charge on any atom is -0.546 e. The Morgan fingerprint density at radius 3 is 2.31 bits per heavy atom. The predicted molar refractivity (Wildman–Crippen MR) is 46.3 cm³/mol. The zero-order valence-corrected chi connectivity index (χ0v) is 9.32. The van der Waals surface area contributed by atoms with E-state index in [1.807, 2.05) is 6.07 Å². The largest absolute Gasteiger partial charge is 0.546 e. The van der Waals surface area contributed by atoms with Crippen molar-refractivity contribution in [2.24, 2.45) is 0 Å². The van der Waals surface area contributed by atoms with Crippen molar-refractivity contribution in [1.82, 2.24) is 0 Å². The van der Waals surface area contributed by atoms with Crippen LogP contribution in [0.25, 0.3) is 0 Å². The van der Waals surface area contributed by atoms with E-state index in [0.29, 0.717) is 5.75 Å². The van der Waals surface area contributed by atoms with E-state index in [-0.39, 0.29) is 35.0 Å². The summed E-state index contributed by atoms with van der Waals surface area (Å²) in [5.41, 5.74) is 0. The number of ether oxygens (including phenoxy) is 1. The third kappa shape index (κ3) is 6.60. The number of carboxylic acids is 1. The van der Waals surface area contributed by atoms with Gasteiger partial charge in [0.15, 0.2) is 0 Å². The van der Waals surface area contributed by atoms with Gasteiger partial charge in [0.25, 0.3) is 0 Å². The van der Waals surface area contributed by atoms with Gasteiger partial charge in [-0.25, -0.2) is 0 Å². The van der Waals surface area contributed by atoms with Gasteiger partial charge in [-0.2, -0.15) is 0 Å². The van der Waals surface area contributed by atoms with Crippen LogP contribution in [0.2, 0.25) is 0 Å². The standard InChI is InChI=1S/C8H8O3.Na.H2O/c9-8(10)6-11-7-4-2-1-3-5-7;;/h1-5H,6H2,(H,9,10);;1H2/p-1. The van der Waals surface area contributed by atoms with Crippen LogP contribution in [0.5, 0.6) is 5.75 Å². The van der Waals surface area contributed by atoms with E-state index in [9.17, 15) is 9.90 Å². The van der Waals surface area contributed by atoms with Crippen LogP contribution in [0, 0.1) is 0 Å². The van der Waals surface area contributed by atoms with E-state index >= 15 is 0 Å². The van der Waals surface area contributed by atoms with E-state index in [4.69, 9.17) is 4.74 Å². The molecule has 4 nitrogen and oxygen atoms in total. The van der Waals surface area contributed by atoms with Crippen LogP contribution in [-0.4, -0.2) is 47.6 Å². The molecule has 67 valence electrons. The number of benzene rings is 1. The van der Waals surface area contributed by atoms with Crippen LogP contribution in [0.3, 0.4) is 0 Å². The smallest absolute Gasteiger partial charge is 0.128 e. The molecule has 0 saturated heterocycles. The number of aliphatic carboxylic acids is 1. The first kappa shape index (κ1) is 14.9. The monoisotopic (exact) mass is 192 g/mol. The average Bonchev–Trinajstić information content (AvgIpc) is 2.03. The Hall–Kier alpha value is -0.550. The van der Waals surface area contributed by atoms with Gasteiger partial charge in [0.1, 0.15) is 12.4 Å². The molecule has 13 heavy (non-hydrogen) atoms. The van der Waals surface area contributed by atoms with Crippen molar-refractivity contribution in [2.75, 3.05) is 6.61 Å². The van der Waals surface area contributed by atoms with Gasteiger partial charge in [-0.05, 0) is 12.1 Å². The molecule has 1 aromatic rings. The van der Waals surface area contributed by atoms with Crippen LogP contribution in [-0.2, 0) is 4.79 Å². The number of hydrogen-bond acceptors (Lipinski definition) is 3. The molecule has 5 heteroatoms. The Kier molecular flexibility index (Phi) is 9.27. The molecule has 0 unspecified atom stereocenters. The van der Waals surface area contributed by atoms with Gasteiger partial charge in [-0.3, -0.25) is 0 Å². The summed E-state index contributed by atoms with van der Waals surface area (Å²) in [4.78, 5) is 9.94. The molecule has 0 saturated carbocycles. The maximum Gasteiger partial charge on any atom is 0.128 e. The summed E-state index contributed by atoms with van der Waals surface area (Å²) in [5, 5.41) is 9.94. The van der Waals surface area contributed by atoms with Gasteiger partial charge in [0, 0.05) is 29.6 Å². The molecular formula is C8H9NaO4-. The summed E-state index contributed by atoms with van der Waals surface area (Å²) < 4.78 is 4.81. The Balaban J connectivity index is 0. The number of hydrogen-bond donors (Lipinski definition) is 0. The second-order valence-corrected chi connectivity index (χ2v) is 1.97. The third-order valence-corrected chi connectivity index (χ3v) is 1.10. The maximum atomic E-state index is 9.94. The second-order valence-electron chi connectivity index (χ2n) is 1.97. The Labute approximate surface area is 98.1 Å². The van der Waals surface area contributed by atoms with E-state index < -0.39 is 12.6 Å². The summed E-state index contributed by atoms with van der Waals surface area (Å²) in [5.74, 6) is -0.675. The average molecular weight is 192 g/mol. The van der Waals surface area contributed by atoms with Gasteiger partial charge < -0.3 is 20.1 Å². The van der Waals surface area contributed by atoms with E-state index in [1.54, 1.807) is 24.3 Å². The number of carboxylic acid groups (broad SMARTS) is 1. The van der Waals surface area contributed by atoms with Crippen molar-refractivity contribution >= 4 is 35.5 Å². The molecule has 1 radical (unpaired) electrons. The SMILES string of the molecule is O.O=C([O-])COc1ccccc1.[Na]. The van der Waals surface area contributed by atoms with Gasteiger partial charge in [-0.15, -0.1) is 0 Å². The molecule has 1 rings (SSSR count). The fraction of sp³-hybridized carbons (Fsp3) is 0.125. The maximum absolute atomic E-state index is 9.94. The molecule has 2 N–H and O–H groups in total. The van der Waals surface area contributed by atoms with Crippen molar-refractivity contribution < 1.29 is 20.1 Å². The molecule has 0 amide bonds. The van der Waals surface area contributed by atoms with Gasteiger partial charge in [-0.1, -0.05) is 18.2 Å². The predicted octanol–water partition coefficient (Wildman–Crippen LogP) is -1.39. The summed E-state index contributed by atoms with van der Waals surface area (Å²) in [7, 11) is 0. The Morgan fingerprint density at radius 1 is 1.31 bits per heavy atom. The first-order valence-electron chi connectivity index (χ1n) is 3.17. The van der Waals surface area contributed by atoms with Crippen molar-refractivity contribution in [1.29, 1.82) is 0 Å². The van der Waals surface area contributed by atoms with Crippen LogP contribution >= 0.6 is 0 Å². The van der Waals surface area contributed by atoms with Crippen LogP contribution < -0.4 is 9.84 Å². The zero-order valence-electron chi connectivity index (χ0n) is 7.32. The Bertz CT molecular complexity index is 237. The third-order valence-electron chi connectivity index (χ3n) is 1.10. The zero-order chi connectivity index (χ0) is 8.10. The first-order valence-corrected chi connectivity index (χ1v) is 3.17. The van der Waals surface area contributed by atoms with Crippen molar-refractivity contribution in [2.45, 2.75) is 0 Å². The molecule has 0 aliphatic rings. The first-order chi connectivity index (χ1) is 5.29. The van der Waals surface area contributed by atoms with E-state index in [1.165, 1.54) is 0 Å². The fourth-order valence-corrected chi connectivity index (χ4v) is 0.659. The molecule has 0 atom stereocenters. The molecule has 0 heterocycles. The quantitative estimate of drug-likeness (QED) is 0.553. The molecule has 0 bridgehead atoms.